The van der Waals surface area contributed by atoms with Crippen LogP contribution in [0.2, 0.25) is 0 Å². The molecule has 0 spiro atoms. The Hall–Kier alpha value is -8.11. The number of amides is 1. The van der Waals surface area contributed by atoms with Crippen molar-refractivity contribution in [2.45, 2.75) is 133 Å². The molecule has 0 aliphatic carbocycles. The number of aromatic nitrogens is 6. The average Bonchev–Trinajstić information content (AvgIpc) is 3.59. The number of carboxylic acids is 1. The van der Waals surface area contributed by atoms with Gasteiger partial charge in [0.1, 0.15) is 11.0 Å². The highest BCUT2D eigenvalue weighted by Crippen LogP contribution is 2.37. The smallest absolute Gasteiger partial charge is 0.335 e. The number of esters is 2. The molecule has 81 heavy (non-hydrogen) atoms. The third-order valence-corrected chi connectivity index (χ3v) is 16.3. The number of alkyl halides is 1. The molecule has 0 radical (unpaired) electrons. The Labute approximate surface area is 476 Å². The number of aromatic carboxylic acids is 1. The van der Waals surface area contributed by atoms with Crippen LogP contribution >= 0.6 is 0 Å². The van der Waals surface area contributed by atoms with Crippen LogP contribution in [0.25, 0.3) is 22.1 Å². The minimum absolute atomic E-state index is 0.0590. The third kappa shape index (κ3) is 13.4. The minimum Gasteiger partial charge on any atom is -0.478 e. The number of nitrogens with one attached hydrogen (secondary N) is 1. The van der Waals surface area contributed by atoms with Crippen molar-refractivity contribution in [3.05, 3.63) is 185 Å². The van der Waals surface area contributed by atoms with Crippen LogP contribution in [0.1, 0.15) is 150 Å². The normalized spacial score (nSPS) is 13.4. The summed E-state index contributed by atoms with van der Waals surface area (Å²) in [6, 6.07) is 28.7. The van der Waals surface area contributed by atoms with Gasteiger partial charge in [-0.05, 0) is 214 Å². The largest absolute Gasteiger partial charge is 0.478 e. The minimum atomic E-state index is -1.00. The number of halogens is 1. The zero-order valence-electron chi connectivity index (χ0n) is 49.9. The lowest BCUT2D eigenvalue weighted by Crippen LogP contribution is -2.36. The van der Waals surface area contributed by atoms with Crippen molar-refractivity contribution in [3.8, 4) is 0 Å². The van der Waals surface area contributed by atoms with Gasteiger partial charge in [0.25, 0.3) is 5.91 Å². The Morgan fingerprint density at radius 2 is 1.06 bits per heavy atom. The van der Waals surface area contributed by atoms with Crippen molar-refractivity contribution in [1.29, 1.82) is 0 Å². The Morgan fingerprint density at radius 1 is 0.617 bits per heavy atom. The number of carbonyl (C=O) groups excluding carboxylic acids is 3. The lowest BCUT2D eigenvalue weighted by Gasteiger charge is -2.30. The van der Waals surface area contributed by atoms with Crippen LogP contribution in [-0.4, -0.2) is 98.3 Å². The lowest BCUT2D eigenvalue weighted by molar-refractivity contribution is -0.141. The highest BCUT2D eigenvalue weighted by molar-refractivity contribution is 5.95. The van der Waals surface area contributed by atoms with Gasteiger partial charge >= 0.3 is 17.9 Å². The van der Waals surface area contributed by atoms with Gasteiger partial charge in [0.05, 0.1) is 52.2 Å². The van der Waals surface area contributed by atoms with Gasteiger partial charge in [0, 0.05) is 50.1 Å². The van der Waals surface area contributed by atoms with Crippen LogP contribution in [0, 0.1) is 55.4 Å². The summed E-state index contributed by atoms with van der Waals surface area (Å²) in [5.74, 6) is -1.55. The molecule has 2 aliphatic rings. The van der Waals surface area contributed by atoms with E-state index < -0.39 is 13.1 Å². The molecule has 15 nitrogen and oxygen atoms in total. The number of methoxy groups -OCH3 is 2. The molecule has 10 rings (SSSR count). The van der Waals surface area contributed by atoms with E-state index in [1.807, 2.05) is 67.1 Å². The standard InChI is InChI=1S/C32H36N4O3.C22H26N4O2.C10H12O2.CH3F/c1-7-36-29-11-10-27(22(5)31(29)33-34-36)28(17-30(37)39-6)24-9-8-23-12-13-35(18-26(23)16-24)32(38)25-14-19(2)21(4)20(3)15-25;1-4-26-20-8-7-18(14(2)22(20)24-25-26)19(12-21(27)28-3)16-6-5-15-9-10-23-13-17(15)11-16;1-6-4-9(10(11)12)5-7(2)8(6)3;1-2/h8-11,14-16,28H,7,12-13,17-18H2,1-6H3;5-8,11,19,23H,4,9-10,12-13H2,1-3H3;4-5H,1-3H3,(H,11,12);1H3/i;;;1D. The molecular weight excluding hydrogens is 1020 g/mol. The Balaban J connectivity index is 0.000000195. The highest BCUT2D eigenvalue weighted by atomic mass is 19.1. The van der Waals surface area contributed by atoms with Crippen molar-refractivity contribution < 1.29 is 39.5 Å². The summed E-state index contributed by atoms with van der Waals surface area (Å²) in [4.78, 5) is 50.8. The fourth-order valence-corrected chi connectivity index (χ4v) is 11.1. The van der Waals surface area contributed by atoms with Gasteiger partial charge in [-0.3, -0.25) is 18.8 Å². The van der Waals surface area contributed by atoms with Crippen molar-refractivity contribution in [3.63, 3.8) is 0 Å². The van der Waals surface area contributed by atoms with E-state index in [0.717, 1.165) is 128 Å². The molecule has 6 aromatic carbocycles. The van der Waals surface area contributed by atoms with Gasteiger partial charge < -0.3 is 24.8 Å². The highest BCUT2D eigenvalue weighted by Gasteiger charge is 2.28. The number of hydrogen-bond acceptors (Lipinski definition) is 11. The van der Waals surface area contributed by atoms with Gasteiger partial charge in [-0.25, -0.2) is 14.2 Å². The molecule has 2 aliphatic heterocycles. The molecule has 0 bridgehead atoms. The molecule has 0 saturated carbocycles. The SMILES string of the molecule is CCn1nnc2c(C)c(C(CC(=O)OC)c3ccc4c(c3)CN(C(=O)c3cc(C)c(C)c(C)c3)CC4)ccc21.CCn1nnc2c(C)c(C(CC(=O)OC)c3ccc4c(c3)CNCC4)ccc21.Cc1cc(C(=O)O)cc(C)c1C.[2H]CF. The van der Waals surface area contributed by atoms with E-state index in [1.165, 1.54) is 42.0 Å². The Bertz CT molecular complexity index is 3600. The average molecular weight is 1100 g/mol. The second-order valence-electron chi connectivity index (χ2n) is 21.0. The lowest BCUT2D eigenvalue weighted by atomic mass is 9.83. The number of hydrogen-bond donors (Lipinski definition) is 2. The maximum Gasteiger partial charge on any atom is 0.335 e. The third-order valence-electron chi connectivity index (χ3n) is 16.3. The van der Waals surface area contributed by atoms with Crippen molar-refractivity contribution in [1.82, 2.24) is 40.2 Å². The number of ether oxygens (including phenoxy) is 2. The molecule has 2 atom stereocenters. The van der Waals surface area contributed by atoms with Gasteiger partial charge in [-0.15, -0.1) is 10.2 Å². The van der Waals surface area contributed by atoms with Crippen LogP contribution in [0.4, 0.5) is 4.39 Å². The summed E-state index contributed by atoms with van der Waals surface area (Å²) in [6.07, 6.45) is 2.37. The van der Waals surface area contributed by atoms with Crippen molar-refractivity contribution in [2.75, 3.05) is 34.5 Å². The number of carbonyl (C=O) groups is 4. The van der Waals surface area contributed by atoms with Gasteiger partial charge in [0.15, 0.2) is 0 Å². The number of nitrogens with zero attached hydrogens (tertiary/aromatic N) is 7. The van der Waals surface area contributed by atoms with E-state index in [2.05, 4.69) is 115 Å². The number of fused-ring (bicyclic) bond motifs is 4. The van der Waals surface area contributed by atoms with Crippen LogP contribution < -0.4 is 5.32 Å². The summed E-state index contributed by atoms with van der Waals surface area (Å²) in [5.41, 5.74) is 23.0. The molecular formula is C65H77FN8O7. The van der Waals surface area contributed by atoms with Crippen LogP contribution in [0.15, 0.2) is 84.9 Å². The number of rotatable bonds is 12. The predicted molar refractivity (Wildman–Crippen MR) is 315 cm³/mol. The molecule has 4 heterocycles. The topological polar surface area (TPSA) is 184 Å². The first-order valence-corrected chi connectivity index (χ1v) is 27.5. The Kier molecular flexibility index (Phi) is 19.6. The van der Waals surface area contributed by atoms with Crippen LogP contribution in [-0.2, 0) is 58.1 Å². The monoisotopic (exact) mass is 1100 g/mol. The maximum absolute atomic E-state index is 13.5. The molecule has 2 N–H and O–H groups in total. The molecule has 2 unspecified atom stereocenters. The first-order valence-electron chi connectivity index (χ1n) is 28.2. The van der Waals surface area contributed by atoms with E-state index in [-0.39, 0.29) is 36.1 Å². The van der Waals surface area contributed by atoms with Crippen LogP contribution in [0.5, 0.6) is 0 Å². The van der Waals surface area contributed by atoms with E-state index in [0.29, 0.717) is 25.1 Å². The summed E-state index contributed by atoms with van der Waals surface area (Å²) in [6.45, 7) is 24.9. The molecule has 8 aromatic rings. The first-order chi connectivity index (χ1) is 39.3. The van der Waals surface area contributed by atoms with Crippen molar-refractivity contribution in [2.24, 2.45) is 0 Å². The van der Waals surface area contributed by atoms with Crippen molar-refractivity contribution >= 4 is 45.9 Å². The van der Waals surface area contributed by atoms with Gasteiger partial charge in [-0.1, -0.05) is 59.0 Å². The second kappa shape index (κ2) is 26.9. The number of benzene rings is 6. The fourth-order valence-electron chi connectivity index (χ4n) is 11.1. The maximum atomic E-state index is 13.5. The summed E-state index contributed by atoms with van der Waals surface area (Å²) in [5, 5.41) is 29.5. The predicted octanol–water partition coefficient (Wildman–Crippen LogP) is 11.6. The molecule has 16 heteroatoms. The summed E-state index contributed by atoms with van der Waals surface area (Å²) < 4.78 is 29.4. The Morgan fingerprint density at radius 3 is 1.51 bits per heavy atom. The molecule has 426 valence electrons. The van der Waals surface area contributed by atoms with Crippen LogP contribution in [0.3, 0.4) is 0 Å². The quantitative estimate of drug-likeness (QED) is 0.111. The molecule has 0 fully saturated rings. The molecule has 0 saturated heterocycles. The van der Waals surface area contributed by atoms with E-state index in [1.54, 1.807) is 12.1 Å². The zero-order valence-corrected chi connectivity index (χ0v) is 48.9. The number of aryl methyl sites for hydroxylation is 8. The van der Waals surface area contributed by atoms with Gasteiger partial charge in [0.2, 0.25) is 0 Å². The first kappa shape index (κ1) is 59.0. The van der Waals surface area contributed by atoms with E-state index in [9.17, 15) is 23.6 Å². The summed E-state index contributed by atoms with van der Waals surface area (Å²) >= 11 is 0. The fraction of sp³-hybridized carbons (Fsp3) is 0.385. The summed E-state index contributed by atoms with van der Waals surface area (Å²) in [7, 11) is 1.87. The second-order valence-corrected chi connectivity index (χ2v) is 21.0. The van der Waals surface area contributed by atoms with E-state index >= 15 is 0 Å². The number of carboxylic acid groups (broad SMARTS) is 1. The molecule has 2 aromatic heterocycles. The molecule has 1 amide bonds. The van der Waals surface area contributed by atoms with Gasteiger partial charge in [-0.2, -0.15) is 0 Å². The van der Waals surface area contributed by atoms with E-state index in [4.69, 9.17) is 16.0 Å². The zero-order chi connectivity index (χ0) is 59.5.